The van der Waals surface area contributed by atoms with Crippen molar-refractivity contribution in [2.24, 2.45) is 5.41 Å². The van der Waals surface area contributed by atoms with Crippen LogP contribution in [-0.2, 0) is 4.74 Å². The molecule has 1 rings (SSSR count). The molecule has 0 aromatic heterocycles. The number of rotatable bonds is 3. The van der Waals surface area contributed by atoms with E-state index in [4.69, 9.17) is 4.74 Å². The van der Waals surface area contributed by atoms with Crippen molar-refractivity contribution >= 4 is 6.09 Å². The van der Waals surface area contributed by atoms with Crippen LogP contribution in [0.15, 0.2) is 0 Å². The molecular weight excluding hydrogens is 230 g/mol. The lowest BCUT2D eigenvalue weighted by Crippen LogP contribution is -2.41. The topological polar surface area (TPSA) is 49.8 Å². The van der Waals surface area contributed by atoms with Crippen LogP contribution in [0.25, 0.3) is 0 Å². The molecule has 0 aliphatic carbocycles. The minimum absolute atomic E-state index is 0.144. The second kappa shape index (κ2) is 5.47. The van der Waals surface area contributed by atoms with Crippen LogP contribution in [0.5, 0.6) is 0 Å². The molecule has 0 spiro atoms. The maximum atomic E-state index is 12.1. The molecule has 1 unspecified atom stereocenters. The number of hydrogen-bond acceptors (Lipinski definition) is 3. The average molecular weight is 257 g/mol. The van der Waals surface area contributed by atoms with Gasteiger partial charge in [-0.05, 0) is 45.4 Å². The van der Waals surface area contributed by atoms with E-state index in [1.807, 2.05) is 39.5 Å². The number of ether oxygens (including phenoxy) is 1. The van der Waals surface area contributed by atoms with Gasteiger partial charge >= 0.3 is 6.09 Å². The van der Waals surface area contributed by atoms with Crippen molar-refractivity contribution in [2.75, 3.05) is 13.2 Å². The van der Waals surface area contributed by atoms with E-state index in [9.17, 15) is 9.90 Å². The molecule has 106 valence electrons. The van der Waals surface area contributed by atoms with Gasteiger partial charge in [-0.2, -0.15) is 0 Å². The molecular formula is C14H27NO3. The molecule has 1 N–H and O–H groups in total. The highest BCUT2D eigenvalue weighted by Crippen LogP contribution is 2.30. The largest absolute Gasteiger partial charge is 0.444 e. The summed E-state index contributed by atoms with van der Waals surface area (Å²) in [7, 11) is 0. The molecule has 0 bridgehead atoms. The third-order valence-electron chi connectivity index (χ3n) is 3.22. The molecule has 1 fully saturated rings. The fourth-order valence-electron chi connectivity index (χ4n) is 2.31. The van der Waals surface area contributed by atoms with Gasteiger partial charge in [0.05, 0.1) is 0 Å². The summed E-state index contributed by atoms with van der Waals surface area (Å²) in [5.41, 5.74) is -0.591. The first-order valence-electron chi connectivity index (χ1n) is 6.75. The van der Waals surface area contributed by atoms with E-state index in [-0.39, 0.29) is 24.2 Å². The van der Waals surface area contributed by atoms with Crippen LogP contribution in [0.3, 0.4) is 0 Å². The van der Waals surface area contributed by atoms with Crippen molar-refractivity contribution in [1.82, 2.24) is 4.90 Å². The number of hydrogen-bond donors (Lipinski definition) is 1. The highest BCUT2D eigenvalue weighted by molar-refractivity contribution is 5.68. The molecule has 1 heterocycles. The molecule has 1 aliphatic rings. The van der Waals surface area contributed by atoms with E-state index in [2.05, 4.69) is 0 Å². The zero-order valence-corrected chi connectivity index (χ0v) is 12.3. The number of likely N-dealkylation sites (tertiary alicyclic amines) is 1. The fraction of sp³-hybridized carbons (Fsp3) is 0.929. The highest BCUT2D eigenvalue weighted by Gasteiger charge is 2.35. The zero-order chi connectivity index (χ0) is 14.0. The second-order valence-electron chi connectivity index (χ2n) is 7.00. The average Bonchev–Trinajstić information content (AvgIpc) is 2.62. The monoisotopic (exact) mass is 257 g/mol. The van der Waals surface area contributed by atoms with Gasteiger partial charge in [0.15, 0.2) is 0 Å². The molecule has 1 saturated heterocycles. The summed E-state index contributed by atoms with van der Waals surface area (Å²) in [4.78, 5) is 13.9. The van der Waals surface area contributed by atoms with E-state index in [1.54, 1.807) is 0 Å². The first-order chi connectivity index (χ1) is 8.14. The lowest BCUT2D eigenvalue weighted by atomic mass is 9.86. The van der Waals surface area contributed by atoms with Gasteiger partial charge < -0.3 is 14.7 Å². The lowest BCUT2D eigenvalue weighted by molar-refractivity contribution is 0.0169. The van der Waals surface area contributed by atoms with Crippen molar-refractivity contribution < 1.29 is 14.6 Å². The third kappa shape index (κ3) is 4.48. The van der Waals surface area contributed by atoms with Crippen molar-refractivity contribution in [1.29, 1.82) is 0 Å². The summed E-state index contributed by atoms with van der Waals surface area (Å²) in [5.74, 6) is 0. The number of aliphatic hydroxyl groups is 1. The Morgan fingerprint density at radius 3 is 2.44 bits per heavy atom. The first-order valence-corrected chi connectivity index (χ1v) is 6.75. The van der Waals surface area contributed by atoms with E-state index in [1.165, 1.54) is 0 Å². The summed E-state index contributed by atoms with van der Waals surface area (Å²) >= 11 is 0. The maximum Gasteiger partial charge on any atom is 0.410 e. The predicted octanol–water partition coefficient (Wildman–Crippen LogP) is 2.79. The molecule has 4 heteroatoms. The fourth-order valence-corrected chi connectivity index (χ4v) is 2.31. The van der Waals surface area contributed by atoms with Crippen molar-refractivity contribution in [3.63, 3.8) is 0 Å². The molecule has 1 atom stereocenters. The van der Waals surface area contributed by atoms with Gasteiger partial charge in [0.1, 0.15) is 5.60 Å². The van der Waals surface area contributed by atoms with Crippen LogP contribution in [0, 0.1) is 5.41 Å². The number of carbonyl (C=O) groups excluding carboxylic acids is 1. The molecule has 0 saturated carbocycles. The molecule has 0 radical (unpaired) electrons. The Hall–Kier alpha value is -0.770. The molecule has 0 aromatic carbocycles. The van der Waals surface area contributed by atoms with Gasteiger partial charge in [0.2, 0.25) is 0 Å². The van der Waals surface area contributed by atoms with Crippen LogP contribution in [0.2, 0.25) is 0 Å². The normalized spacial score (nSPS) is 21.2. The minimum Gasteiger partial charge on any atom is -0.444 e. The number of aliphatic hydroxyl groups excluding tert-OH is 1. The number of nitrogens with zero attached hydrogens (tertiary/aromatic N) is 1. The quantitative estimate of drug-likeness (QED) is 0.845. The maximum absolute atomic E-state index is 12.1. The van der Waals surface area contributed by atoms with Crippen molar-refractivity contribution in [3.8, 4) is 0 Å². The summed E-state index contributed by atoms with van der Waals surface area (Å²) < 4.78 is 5.42. The zero-order valence-electron chi connectivity index (χ0n) is 12.3. The van der Waals surface area contributed by atoms with E-state index in [0.717, 1.165) is 25.8 Å². The van der Waals surface area contributed by atoms with Crippen molar-refractivity contribution in [3.05, 3.63) is 0 Å². The van der Waals surface area contributed by atoms with Gasteiger partial charge in [-0.25, -0.2) is 4.79 Å². The van der Waals surface area contributed by atoms with Crippen LogP contribution in [-0.4, -0.2) is 40.9 Å². The molecule has 1 aliphatic heterocycles. The SMILES string of the molecule is CC(C)(CO)CC1CCCN1C(=O)OC(C)(C)C. The Kier molecular flexibility index (Phi) is 4.65. The Balaban J connectivity index is 2.62. The van der Waals surface area contributed by atoms with Crippen LogP contribution in [0.1, 0.15) is 53.9 Å². The van der Waals surface area contributed by atoms with Gasteiger partial charge in [-0.3, -0.25) is 0 Å². The first kappa shape index (κ1) is 15.3. The van der Waals surface area contributed by atoms with Gasteiger partial charge in [-0.1, -0.05) is 13.8 Å². The van der Waals surface area contributed by atoms with E-state index < -0.39 is 5.60 Å². The molecule has 4 nitrogen and oxygen atoms in total. The molecule has 1 amide bonds. The summed E-state index contributed by atoms with van der Waals surface area (Å²) in [6.07, 6.45) is 2.62. The van der Waals surface area contributed by atoms with Crippen molar-refractivity contribution in [2.45, 2.75) is 65.5 Å². The van der Waals surface area contributed by atoms with Crippen LogP contribution >= 0.6 is 0 Å². The Morgan fingerprint density at radius 2 is 1.94 bits per heavy atom. The Morgan fingerprint density at radius 1 is 1.33 bits per heavy atom. The summed E-state index contributed by atoms with van der Waals surface area (Å²) in [6, 6.07) is 0.196. The van der Waals surface area contributed by atoms with E-state index in [0.29, 0.717) is 0 Å². The van der Waals surface area contributed by atoms with Crippen LogP contribution < -0.4 is 0 Å². The molecule has 0 aromatic rings. The second-order valence-corrected chi connectivity index (χ2v) is 7.00. The highest BCUT2D eigenvalue weighted by atomic mass is 16.6. The summed E-state index contributed by atoms with van der Waals surface area (Å²) in [5, 5.41) is 9.33. The minimum atomic E-state index is -0.448. The molecule has 18 heavy (non-hydrogen) atoms. The van der Waals surface area contributed by atoms with E-state index >= 15 is 0 Å². The Labute approximate surface area is 110 Å². The number of carbonyl (C=O) groups is 1. The summed E-state index contributed by atoms with van der Waals surface area (Å²) in [6.45, 7) is 10.6. The van der Waals surface area contributed by atoms with Gasteiger partial charge in [-0.15, -0.1) is 0 Å². The van der Waals surface area contributed by atoms with Crippen LogP contribution in [0.4, 0.5) is 4.79 Å². The third-order valence-corrected chi connectivity index (χ3v) is 3.22. The van der Waals surface area contributed by atoms with Gasteiger partial charge in [0, 0.05) is 19.2 Å². The van der Waals surface area contributed by atoms with Gasteiger partial charge in [0.25, 0.3) is 0 Å². The lowest BCUT2D eigenvalue weighted by Gasteiger charge is -2.32. The predicted molar refractivity (Wildman–Crippen MR) is 71.4 cm³/mol. The number of amides is 1. The smallest absolute Gasteiger partial charge is 0.410 e. The standard InChI is InChI=1S/C14H27NO3/c1-13(2,3)18-12(17)15-8-6-7-11(15)9-14(4,5)10-16/h11,16H,6-10H2,1-5H3. The Bertz CT molecular complexity index is 294.